The van der Waals surface area contributed by atoms with Crippen LogP contribution in [0.5, 0.6) is 0 Å². The molecule has 0 radical (unpaired) electrons. The first kappa shape index (κ1) is 11.1. The van der Waals surface area contributed by atoms with E-state index in [0.717, 1.165) is 31.7 Å². The van der Waals surface area contributed by atoms with Crippen LogP contribution in [0.25, 0.3) is 0 Å². The summed E-state index contributed by atoms with van der Waals surface area (Å²) in [6.07, 6.45) is 2.49. The highest BCUT2D eigenvalue weighted by Gasteiger charge is 2.37. The van der Waals surface area contributed by atoms with Crippen molar-refractivity contribution in [2.45, 2.75) is 37.8 Å². The molecule has 0 aromatic heterocycles. The maximum atomic E-state index is 6.15. The van der Waals surface area contributed by atoms with Crippen molar-refractivity contribution in [3.05, 3.63) is 29.3 Å². The number of nitrogens with two attached hydrogens (primary N) is 1. The smallest absolute Gasteiger partial charge is 0.0982 e. The Bertz CT molecular complexity index is 419. The lowest BCUT2D eigenvalue weighted by molar-refractivity contribution is -0.0160. The summed E-state index contributed by atoms with van der Waals surface area (Å²) >= 11 is 0. The number of nitrogen functional groups attached to an aromatic ring is 1. The van der Waals surface area contributed by atoms with Crippen LogP contribution < -0.4 is 11.1 Å². The lowest BCUT2D eigenvalue weighted by Crippen LogP contribution is -2.46. The predicted octanol–water partition coefficient (Wildman–Crippen LogP) is 2.20. The molecule has 3 atom stereocenters. The fourth-order valence-electron chi connectivity index (χ4n) is 3.28. The SMILES string of the molecule is CCC1CC2NCCOC2c2cccc(N)c21. The molecule has 2 aliphatic rings. The fraction of sp³-hybridized carbons (Fsp3) is 0.571. The predicted molar refractivity (Wildman–Crippen MR) is 69.0 cm³/mol. The zero-order chi connectivity index (χ0) is 11.8. The largest absolute Gasteiger partial charge is 0.398 e. The first-order chi connectivity index (χ1) is 8.31. The quantitative estimate of drug-likeness (QED) is 0.730. The second-order valence-electron chi connectivity index (χ2n) is 5.04. The molecule has 0 saturated carbocycles. The topological polar surface area (TPSA) is 47.3 Å². The van der Waals surface area contributed by atoms with Crippen molar-refractivity contribution in [1.29, 1.82) is 0 Å². The van der Waals surface area contributed by atoms with Crippen molar-refractivity contribution in [2.24, 2.45) is 0 Å². The number of rotatable bonds is 1. The molecule has 3 heteroatoms. The molecule has 1 saturated heterocycles. The standard InChI is InChI=1S/C14H20N2O/c1-2-9-8-12-14(17-7-6-16-12)10-4-3-5-11(15)13(9)10/h3-5,9,12,14,16H,2,6-8,15H2,1H3. The van der Waals surface area contributed by atoms with Crippen LogP contribution in [0.4, 0.5) is 5.69 Å². The summed E-state index contributed by atoms with van der Waals surface area (Å²) in [6.45, 7) is 4.01. The van der Waals surface area contributed by atoms with Gasteiger partial charge in [-0.3, -0.25) is 0 Å². The van der Waals surface area contributed by atoms with Crippen molar-refractivity contribution >= 4 is 5.69 Å². The number of ether oxygens (including phenoxy) is 1. The maximum absolute atomic E-state index is 6.15. The summed E-state index contributed by atoms with van der Waals surface area (Å²) in [7, 11) is 0. The molecule has 1 aromatic rings. The van der Waals surface area contributed by atoms with Gasteiger partial charge in [-0.05, 0) is 36.0 Å². The third-order valence-corrected chi connectivity index (χ3v) is 4.09. The Morgan fingerprint density at radius 2 is 2.35 bits per heavy atom. The van der Waals surface area contributed by atoms with Gasteiger partial charge in [0, 0.05) is 18.3 Å². The molecule has 92 valence electrons. The van der Waals surface area contributed by atoms with Crippen LogP contribution in [0.15, 0.2) is 18.2 Å². The molecule has 0 spiro atoms. The Balaban J connectivity index is 2.07. The number of anilines is 1. The molecule has 1 aliphatic heterocycles. The number of hydrogen-bond donors (Lipinski definition) is 2. The zero-order valence-corrected chi connectivity index (χ0v) is 10.3. The molecule has 0 bridgehead atoms. The van der Waals surface area contributed by atoms with Gasteiger partial charge < -0.3 is 15.8 Å². The second kappa shape index (κ2) is 4.31. The van der Waals surface area contributed by atoms with Gasteiger partial charge in [0.2, 0.25) is 0 Å². The molecule has 1 aromatic carbocycles. The van der Waals surface area contributed by atoms with E-state index in [2.05, 4.69) is 18.3 Å². The second-order valence-corrected chi connectivity index (χ2v) is 5.04. The van der Waals surface area contributed by atoms with Gasteiger partial charge in [-0.15, -0.1) is 0 Å². The third-order valence-electron chi connectivity index (χ3n) is 4.09. The molecular weight excluding hydrogens is 212 g/mol. The van der Waals surface area contributed by atoms with E-state index >= 15 is 0 Å². The molecule has 17 heavy (non-hydrogen) atoms. The molecule has 1 fully saturated rings. The van der Waals surface area contributed by atoms with E-state index in [1.807, 2.05) is 12.1 Å². The monoisotopic (exact) mass is 232 g/mol. The Labute approximate surface area is 102 Å². The number of morpholine rings is 1. The fourth-order valence-corrected chi connectivity index (χ4v) is 3.28. The third kappa shape index (κ3) is 1.74. The van der Waals surface area contributed by atoms with Gasteiger partial charge >= 0.3 is 0 Å². The number of benzene rings is 1. The van der Waals surface area contributed by atoms with Crippen molar-refractivity contribution in [1.82, 2.24) is 5.32 Å². The Kier molecular flexibility index (Phi) is 2.81. The van der Waals surface area contributed by atoms with Crippen LogP contribution in [0.3, 0.4) is 0 Å². The van der Waals surface area contributed by atoms with Crippen LogP contribution in [0.1, 0.15) is 42.9 Å². The summed E-state index contributed by atoms with van der Waals surface area (Å²) in [5.41, 5.74) is 9.72. The molecule has 3 unspecified atom stereocenters. The normalized spacial score (nSPS) is 31.7. The zero-order valence-electron chi connectivity index (χ0n) is 10.3. The lowest BCUT2D eigenvalue weighted by atomic mass is 9.76. The van der Waals surface area contributed by atoms with Crippen molar-refractivity contribution in [2.75, 3.05) is 18.9 Å². The minimum atomic E-state index is 0.199. The average Bonchev–Trinajstić information content (AvgIpc) is 2.38. The van der Waals surface area contributed by atoms with E-state index in [9.17, 15) is 0 Å². The van der Waals surface area contributed by atoms with Crippen molar-refractivity contribution < 1.29 is 4.74 Å². The number of fused-ring (bicyclic) bond motifs is 3. The van der Waals surface area contributed by atoms with Gasteiger partial charge in [-0.25, -0.2) is 0 Å². The van der Waals surface area contributed by atoms with Crippen LogP contribution in [-0.4, -0.2) is 19.2 Å². The van der Waals surface area contributed by atoms with Crippen molar-refractivity contribution in [3.63, 3.8) is 0 Å². The summed E-state index contributed by atoms with van der Waals surface area (Å²) in [5, 5.41) is 3.58. The Morgan fingerprint density at radius 1 is 1.47 bits per heavy atom. The molecule has 3 nitrogen and oxygen atoms in total. The average molecular weight is 232 g/mol. The molecule has 3 N–H and O–H groups in total. The van der Waals surface area contributed by atoms with Gasteiger partial charge in [-0.2, -0.15) is 0 Å². The minimum absolute atomic E-state index is 0.199. The Morgan fingerprint density at radius 3 is 3.18 bits per heavy atom. The van der Waals surface area contributed by atoms with Gasteiger partial charge in [0.15, 0.2) is 0 Å². The van der Waals surface area contributed by atoms with Crippen LogP contribution in [0, 0.1) is 0 Å². The van der Waals surface area contributed by atoms with E-state index in [0.29, 0.717) is 12.0 Å². The van der Waals surface area contributed by atoms with E-state index in [1.54, 1.807) is 0 Å². The van der Waals surface area contributed by atoms with Crippen LogP contribution in [-0.2, 0) is 4.74 Å². The molecular formula is C14H20N2O. The highest BCUT2D eigenvalue weighted by molar-refractivity contribution is 5.55. The summed E-state index contributed by atoms with van der Waals surface area (Å²) in [6, 6.07) is 6.69. The molecule has 1 aliphatic carbocycles. The minimum Gasteiger partial charge on any atom is -0.398 e. The summed E-state index contributed by atoms with van der Waals surface area (Å²) in [5.74, 6) is 0.571. The van der Waals surface area contributed by atoms with Gasteiger partial charge in [-0.1, -0.05) is 19.1 Å². The molecule has 3 rings (SSSR count). The number of nitrogens with one attached hydrogen (secondary N) is 1. The Hall–Kier alpha value is -1.06. The van der Waals surface area contributed by atoms with E-state index < -0.39 is 0 Å². The highest BCUT2D eigenvalue weighted by atomic mass is 16.5. The van der Waals surface area contributed by atoms with E-state index in [4.69, 9.17) is 10.5 Å². The molecule has 1 heterocycles. The first-order valence-electron chi connectivity index (χ1n) is 6.54. The highest BCUT2D eigenvalue weighted by Crippen LogP contribution is 2.44. The number of hydrogen-bond acceptors (Lipinski definition) is 3. The first-order valence-corrected chi connectivity index (χ1v) is 6.54. The van der Waals surface area contributed by atoms with Gasteiger partial charge in [0.05, 0.1) is 12.7 Å². The van der Waals surface area contributed by atoms with Gasteiger partial charge in [0.25, 0.3) is 0 Å². The van der Waals surface area contributed by atoms with Crippen molar-refractivity contribution in [3.8, 4) is 0 Å². The summed E-state index contributed by atoms with van der Waals surface area (Å²) < 4.78 is 5.94. The van der Waals surface area contributed by atoms with E-state index in [-0.39, 0.29) is 6.10 Å². The van der Waals surface area contributed by atoms with Crippen LogP contribution in [0.2, 0.25) is 0 Å². The van der Waals surface area contributed by atoms with Crippen LogP contribution >= 0.6 is 0 Å². The molecule has 0 amide bonds. The van der Waals surface area contributed by atoms with E-state index in [1.165, 1.54) is 11.1 Å². The van der Waals surface area contributed by atoms with Gasteiger partial charge in [0.1, 0.15) is 0 Å². The summed E-state index contributed by atoms with van der Waals surface area (Å²) in [4.78, 5) is 0. The lowest BCUT2D eigenvalue weighted by Gasteiger charge is -2.41. The maximum Gasteiger partial charge on any atom is 0.0982 e.